The van der Waals surface area contributed by atoms with E-state index in [4.69, 9.17) is 9.15 Å². The lowest BCUT2D eigenvalue weighted by Gasteiger charge is -2.05. The Morgan fingerprint density at radius 3 is 2.57 bits per heavy atom. The maximum atomic E-state index is 11.9. The second-order valence-electron chi connectivity index (χ2n) is 4.37. The standard InChI is InChI=1S/C14H15NO5S/c1-19-9-12-7-8-13(20-12)14(16)15-21(17,18)10-11-5-3-2-4-6-11/h2-8H,9-10H2,1H3,(H,15,16). The number of hydrogen-bond acceptors (Lipinski definition) is 5. The molecule has 1 heterocycles. The minimum absolute atomic E-state index is 0.0707. The van der Waals surface area contributed by atoms with Crippen molar-refractivity contribution in [1.29, 1.82) is 0 Å². The molecule has 21 heavy (non-hydrogen) atoms. The molecule has 1 aromatic heterocycles. The van der Waals surface area contributed by atoms with Gasteiger partial charge >= 0.3 is 0 Å². The van der Waals surface area contributed by atoms with Crippen molar-refractivity contribution in [3.8, 4) is 0 Å². The Bertz CT molecular complexity index is 706. The van der Waals surface area contributed by atoms with Crippen LogP contribution >= 0.6 is 0 Å². The van der Waals surface area contributed by atoms with Crippen LogP contribution in [0.1, 0.15) is 21.9 Å². The van der Waals surface area contributed by atoms with Gasteiger partial charge in [0, 0.05) is 7.11 Å². The minimum atomic E-state index is -3.78. The predicted molar refractivity (Wildman–Crippen MR) is 76.0 cm³/mol. The monoisotopic (exact) mass is 309 g/mol. The average molecular weight is 309 g/mol. The summed E-state index contributed by atoms with van der Waals surface area (Å²) in [5.74, 6) is -0.694. The van der Waals surface area contributed by atoms with E-state index in [1.807, 2.05) is 4.72 Å². The van der Waals surface area contributed by atoms with Crippen LogP contribution in [0, 0.1) is 0 Å². The smallest absolute Gasteiger partial charge is 0.300 e. The molecule has 6 nitrogen and oxygen atoms in total. The first-order valence-corrected chi connectivity index (χ1v) is 7.82. The number of methoxy groups -OCH3 is 1. The van der Waals surface area contributed by atoms with Crippen LogP contribution in [0.2, 0.25) is 0 Å². The van der Waals surface area contributed by atoms with Gasteiger partial charge in [-0.3, -0.25) is 4.79 Å². The Kier molecular flexibility index (Phi) is 4.77. The number of carbonyl (C=O) groups is 1. The fourth-order valence-electron chi connectivity index (χ4n) is 1.74. The SMILES string of the molecule is COCc1ccc(C(=O)NS(=O)(=O)Cc2ccccc2)o1. The molecular weight excluding hydrogens is 294 g/mol. The molecule has 2 aromatic rings. The van der Waals surface area contributed by atoms with Crippen LogP contribution in [0.15, 0.2) is 46.9 Å². The molecular formula is C14H15NO5S. The van der Waals surface area contributed by atoms with Gasteiger partial charge in [-0.25, -0.2) is 13.1 Å². The maximum Gasteiger partial charge on any atom is 0.300 e. The Balaban J connectivity index is 2.03. The van der Waals surface area contributed by atoms with E-state index in [0.29, 0.717) is 11.3 Å². The van der Waals surface area contributed by atoms with Crippen molar-refractivity contribution >= 4 is 15.9 Å². The summed E-state index contributed by atoms with van der Waals surface area (Å²) in [6.07, 6.45) is 0. The van der Waals surface area contributed by atoms with E-state index in [-0.39, 0.29) is 18.1 Å². The van der Waals surface area contributed by atoms with Crippen LogP contribution in [0.25, 0.3) is 0 Å². The van der Waals surface area contributed by atoms with Crippen molar-refractivity contribution in [2.45, 2.75) is 12.4 Å². The van der Waals surface area contributed by atoms with Gasteiger partial charge in [0.05, 0.1) is 5.75 Å². The minimum Gasteiger partial charge on any atom is -0.453 e. The normalized spacial score (nSPS) is 11.3. The molecule has 0 radical (unpaired) electrons. The van der Waals surface area contributed by atoms with Crippen molar-refractivity contribution in [2.75, 3.05) is 7.11 Å². The van der Waals surface area contributed by atoms with Crippen LogP contribution in [0.4, 0.5) is 0 Å². The van der Waals surface area contributed by atoms with Crippen LogP contribution in [-0.4, -0.2) is 21.4 Å². The fourth-order valence-corrected chi connectivity index (χ4v) is 2.83. The van der Waals surface area contributed by atoms with Gasteiger partial charge in [-0.05, 0) is 17.7 Å². The Labute approximate surface area is 122 Å². The number of rotatable bonds is 6. The molecule has 0 spiro atoms. The highest BCUT2D eigenvalue weighted by molar-refractivity contribution is 7.89. The lowest BCUT2D eigenvalue weighted by molar-refractivity contribution is 0.0945. The summed E-state index contributed by atoms with van der Waals surface area (Å²) < 4.78 is 35.8. The first-order chi connectivity index (χ1) is 10.00. The van der Waals surface area contributed by atoms with Gasteiger partial charge in [-0.2, -0.15) is 0 Å². The topological polar surface area (TPSA) is 85.6 Å². The van der Waals surface area contributed by atoms with Gasteiger partial charge < -0.3 is 9.15 Å². The number of amides is 1. The fraction of sp³-hybridized carbons (Fsp3) is 0.214. The Morgan fingerprint density at radius 1 is 1.19 bits per heavy atom. The Hall–Kier alpha value is -2.12. The summed E-state index contributed by atoms with van der Waals surface area (Å²) in [6.45, 7) is 0.212. The summed E-state index contributed by atoms with van der Waals surface area (Å²) in [5.41, 5.74) is 0.595. The molecule has 7 heteroatoms. The van der Waals surface area contributed by atoms with E-state index in [9.17, 15) is 13.2 Å². The zero-order valence-electron chi connectivity index (χ0n) is 11.4. The lowest BCUT2D eigenvalue weighted by atomic mass is 10.2. The van der Waals surface area contributed by atoms with Crippen LogP contribution in [0.3, 0.4) is 0 Å². The average Bonchev–Trinajstić information content (AvgIpc) is 2.88. The lowest BCUT2D eigenvalue weighted by Crippen LogP contribution is -2.31. The summed E-state index contributed by atoms with van der Waals surface area (Å²) >= 11 is 0. The summed E-state index contributed by atoms with van der Waals surface area (Å²) in [4.78, 5) is 11.8. The van der Waals surface area contributed by atoms with Gasteiger partial charge in [0.1, 0.15) is 12.4 Å². The summed E-state index contributed by atoms with van der Waals surface area (Å²) in [5, 5.41) is 0. The molecule has 0 saturated heterocycles. The highest BCUT2D eigenvalue weighted by Crippen LogP contribution is 2.10. The first-order valence-electron chi connectivity index (χ1n) is 6.16. The summed E-state index contributed by atoms with van der Waals surface area (Å²) in [6, 6.07) is 11.6. The number of nitrogens with one attached hydrogen (secondary N) is 1. The maximum absolute atomic E-state index is 11.9. The van der Waals surface area contributed by atoms with E-state index >= 15 is 0 Å². The molecule has 1 amide bonds. The van der Waals surface area contributed by atoms with Crippen molar-refractivity contribution in [3.05, 3.63) is 59.5 Å². The van der Waals surface area contributed by atoms with Gasteiger partial charge in [-0.1, -0.05) is 30.3 Å². The van der Waals surface area contributed by atoms with Crippen LogP contribution in [-0.2, 0) is 27.1 Å². The highest BCUT2D eigenvalue weighted by atomic mass is 32.2. The molecule has 0 unspecified atom stereocenters. The molecule has 0 aliphatic rings. The third-order valence-electron chi connectivity index (χ3n) is 2.62. The van der Waals surface area contributed by atoms with Gasteiger partial charge in [0.2, 0.25) is 10.0 Å². The Morgan fingerprint density at radius 2 is 1.90 bits per heavy atom. The molecule has 1 aromatic carbocycles. The van der Waals surface area contributed by atoms with Crippen molar-refractivity contribution < 1.29 is 22.4 Å². The molecule has 0 fully saturated rings. The molecule has 0 aliphatic heterocycles. The quantitative estimate of drug-likeness (QED) is 0.877. The number of furan rings is 1. The summed E-state index contributed by atoms with van der Waals surface area (Å²) in [7, 11) is -2.28. The van der Waals surface area contributed by atoms with E-state index in [0.717, 1.165) is 0 Å². The molecule has 112 valence electrons. The number of ether oxygens (including phenoxy) is 1. The largest absolute Gasteiger partial charge is 0.453 e. The highest BCUT2D eigenvalue weighted by Gasteiger charge is 2.19. The third-order valence-corrected chi connectivity index (χ3v) is 3.83. The predicted octanol–water partition coefficient (Wildman–Crippen LogP) is 1.69. The van der Waals surface area contributed by atoms with Gasteiger partial charge in [0.25, 0.3) is 5.91 Å². The number of hydrogen-bond donors (Lipinski definition) is 1. The molecule has 0 bridgehead atoms. The second kappa shape index (κ2) is 6.55. The molecule has 0 atom stereocenters. The van der Waals surface area contributed by atoms with Crippen molar-refractivity contribution in [3.63, 3.8) is 0 Å². The second-order valence-corrected chi connectivity index (χ2v) is 6.10. The zero-order valence-corrected chi connectivity index (χ0v) is 12.2. The van der Waals surface area contributed by atoms with E-state index in [1.54, 1.807) is 36.4 Å². The van der Waals surface area contributed by atoms with E-state index in [1.165, 1.54) is 13.2 Å². The van der Waals surface area contributed by atoms with Crippen LogP contribution < -0.4 is 4.72 Å². The number of benzene rings is 1. The van der Waals surface area contributed by atoms with E-state index < -0.39 is 15.9 Å². The number of sulfonamides is 1. The molecule has 2 rings (SSSR count). The van der Waals surface area contributed by atoms with Crippen LogP contribution in [0.5, 0.6) is 0 Å². The van der Waals surface area contributed by atoms with E-state index in [2.05, 4.69) is 0 Å². The molecule has 0 aliphatic carbocycles. The van der Waals surface area contributed by atoms with Gasteiger partial charge in [0.15, 0.2) is 5.76 Å². The third kappa shape index (κ3) is 4.44. The van der Waals surface area contributed by atoms with Gasteiger partial charge in [-0.15, -0.1) is 0 Å². The zero-order chi connectivity index (χ0) is 15.3. The number of carbonyl (C=O) groups excluding carboxylic acids is 1. The first kappa shape index (κ1) is 15.3. The molecule has 0 saturated carbocycles. The van der Waals surface area contributed by atoms with Crippen molar-refractivity contribution in [2.24, 2.45) is 0 Å². The van der Waals surface area contributed by atoms with Crippen molar-refractivity contribution in [1.82, 2.24) is 4.72 Å². The molecule has 1 N–H and O–H groups in total.